The van der Waals surface area contributed by atoms with Gasteiger partial charge >= 0.3 is 0 Å². The van der Waals surface area contributed by atoms with Gasteiger partial charge < -0.3 is 11.1 Å². The number of nitrogens with one attached hydrogen (secondary N) is 1. The highest BCUT2D eigenvalue weighted by Gasteiger charge is 1.99. The molecule has 0 heterocycles. The van der Waals surface area contributed by atoms with Crippen molar-refractivity contribution in [2.75, 3.05) is 11.9 Å². The van der Waals surface area contributed by atoms with Gasteiger partial charge in [0, 0.05) is 22.7 Å². The molecule has 3 heteroatoms. The maximum absolute atomic E-state index is 5.65. The molecular formula is C10H15BrN2. The van der Waals surface area contributed by atoms with Gasteiger partial charge in [0.05, 0.1) is 0 Å². The molecule has 13 heavy (non-hydrogen) atoms. The molecule has 2 nitrogen and oxygen atoms in total. The van der Waals surface area contributed by atoms with Gasteiger partial charge in [0.2, 0.25) is 0 Å². The molecule has 0 aliphatic rings. The molecule has 1 rings (SSSR count). The SMILES string of the molecule is Cc1cc(Br)ccc1NCC(C)N. The Morgan fingerprint density at radius 3 is 2.77 bits per heavy atom. The lowest BCUT2D eigenvalue weighted by Crippen LogP contribution is -2.25. The van der Waals surface area contributed by atoms with E-state index >= 15 is 0 Å². The first kappa shape index (κ1) is 10.5. The van der Waals surface area contributed by atoms with Crippen LogP contribution in [0.1, 0.15) is 12.5 Å². The van der Waals surface area contributed by atoms with Crippen molar-refractivity contribution in [2.45, 2.75) is 19.9 Å². The molecule has 0 spiro atoms. The normalized spacial score (nSPS) is 12.6. The maximum Gasteiger partial charge on any atom is 0.0371 e. The van der Waals surface area contributed by atoms with E-state index in [1.807, 2.05) is 13.0 Å². The van der Waals surface area contributed by atoms with E-state index in [2.05, 4.69) is 40.3 Å². The summed E-state index contributed by atoms with van der Waals surface area (Å²) in [5.74, 6) is 0. The predicted molar refractivity (Wildman–Crippen MR) is 61.0 cm³/mol. The van der Waals surface area contributed by atoms with Gasteiger partial charge in [0.25, 0.3) is 0 Å². The molecule has 0 fully saturated rings. The van der Waals surface area contributed by atoms with Crippen LogP contribution < -0.4 is 11.1 Å². The Morgan fingerprint density at radius 2 is 2.23 bits per heavy atom. The molecule has 0 aliphatic heterocycles. The number of nitrogens with two attached hydrogens (primary N) is 1. The van der Waals surface area contributed by atoms with Gasteiger partial charge in [0.1, 0.15) is 0 Å². The van der Waals surface area contributed by atoms with Gasteiger partial charge in [-0.05, 0) is 37.6 Å². The van der Waals surface area contributed by atoms with E-state index in [1.54, 1.807) is 0 Å². The lowest BCUT2D eigenvalue weighted by molar-refractivity contribution is 0.779. The average Bonchev–Trinajstić information content (AvgIpc) is 2.02. The molecule has 0 amide bonds. The van der Waals surface area contributed by atoms with E-state index in [0.29, 0.717) is 0 Å². The van der Waals surface area contributed by atoms with Crippen LogP contribution in [0.25, 0.3) is 0 Å². The minimum atomic E-state index is 0.183. The molecule has 0 aromatic heterocycles. The summed E-state index contributed by atoms with van der Waals surface area (Å²) < 4.78 is 1.11. The monoisotopic (exact) mass is 242 g/mol. The number of anilines is 1. The van der Waals surface area contributed by atoms with Gasteiger partial charge in [-0.3, -0.25) is 0 Å². The molecule has 0 radical (unpaired) electrons. The minimum absolute atomic E-state index is 0.183. The number of rotatable bonds is 3. The quantitative estimate of drug-likeness (QED) is 0.856. The Bertz CT molecular complexity index is 284. The summed E-state index contributed by atoms with van der Waals surface area (Å²) in [6, 6.07) is 6.35. The number of hydrogen-bond donors (Lipinski definition) is 2. The second kappa shape index (κ2) is 4.63. The van der Waals surface area contributed by atoms with Crippen LogP contribution in [0, 0.1) is 6.92 Å². The van der Waals surface area contributed by atoms with E-state index in [-0.39, 0.29) is 6.04 Å². The van der Waals surface area contributed by atoms with Crippen molar-refractivity contribution in [3.05, 3.63) is 28.2 Å². The molecule has 1 aromatic carbocycles. The summed E-state index contributed by atoms with van der Waals surface area (Å²) in [5.41, 5.74) is 8.03. The summed E-state index contributed by atoms with van der Waals surface area (Å²) in [6.07, 6.45) is 0. The zero-order chi connectivity index (χ0) is 9.84. The molecule has 0 saturated heterocycles. The lowest BCUT2D eigenvalue weighted by Gasteiger charge is -2.11. The fourth-order valence-electron chi connectivity index (χ4n) is 1.10. The highest BCUT2D eigenvalue weighted by Crippen LogP contribution is 2.19. The van der Waals surface area contributed by atoms with Crippen LogP contribution in [0.4, 0.5) is 5.69 Å². The number of aryl methyl sites for hydroxylation is 1. The second-order valence-electron chi connectivity index (χ2n) is 3.32. The van der Waals surface area contributed by atoms with E-state index in [9.17, 15) is 0 Å². The summed E-state index contributed by atoms with van der Waals surface area (Å²) >= 11 is 3.42. The molecule has 0 saturated carbocycles. The third-order valence-corrected chi connectivity index (χ3v) is 2.30. The smallest absolute Gasteiger partial charge is 0.0371 e. The van der Waals surface area contributed by atoms with Crippen molar-refractivity contribution >= 4 is 21.6 Å². The molecule has 0 aliphatic carbocycles. The fourth-order valence-corrected chi connectivity index (χ4v) is 1.57. The molecule has 1 aromatic rings. The number of hydrogen-bond acceptors (Lipinski definition) is 2. The van der Waals surface area contributed by atoms with Crippen LogP contribution in [0.5, 0.6) is 0 Å². The summed E-state index contributed by atoms with van der Waals surface area (Å²) in [5, 5.41) is 3.29. The molecular weight excluding hydrogens is 228 g/mol. The van der Waals surface area contributed by atoms with Crippen molar-refractivity contribution in [3.63, 3.8) is 0 Å². The first-order valence-electron chi connectivity index (χ1n) is 4.35. The lowest BCUT2D eigenvalue weighted by atomic mass is 10.2. The van der Waals surface area contributed by atoms with Gasteiger partial charge in [-0.25, -0.2) is 0 Å². The minimum Gasteiger partial charge on any atom is -0.383 e. The second-order valence-corrected chi connectivity index (χ2v) is 4.23. The zero-order valence-corrected chi connectivity index (χ0v) is 9.56. The van der Waals surface area contributed by atoms with Gasteiger partial charge in [-0.1, -0.05) is 15.9 Å². The van der Waals surface area contributed by atoms with E-state index < -0.39 is 0 Å². The largest absolute Gasteiger partial charge is 0.383 e. The van der Waals surface area contributed by atoms with Crippen molar-refractivity contribution in [2.24, 2.45) is 5.73 Å². The first-order chi connectivity index (χ1) is 6.09. The van der Waals surface area contributed by atoms with Gasteiger partial charge in [-0.15, -0.1) is 0 Å². The third kappa shape index (κ3) is 3.36. The Balaban J connectivity index is 2.67. The van der Waals surface area contributed by atoms with Crippen LogP contribution in [0.3, 0.4) is 0 Å². The van der Waals surface area contributed by atoms with Gasteiger partial charge in [0.15, 0.2) is 0 Å². The summed E-state index contributed by atoms with van der Waals surface area (Å²) in [6.45, 7) is 4.87. The highest BCUT2D eigenvalue weighted by atomic mass is 79.9. The standard InChI is InChI=1S/C10H15BrN2/c1-7-5-9(11)3-4-10(7)13-6-8(2)12/h3-5,8,13H,6,12H2,1-2H3. The molecule has 72 valence electrons. The van der Waals surface area contributed by atoms with Gasteiger partial charge in [-0.2, -0.15) is 0 Å². The molecule has 1 unspecified atom stereocenters. The Morgan fingerprint density at radius 1 is 1.54 bits per heavy atom. The Hall–Kier alpha value is -0.540. The molecule has 3 N–H and O–H groups in total. The highest BCUT2D eigenvalue weighted by molar-refractivity contribution is 9.10. The van der Waals surface area contributed by atoms with E-state index in [1.165, 1.54) is 5.56 Å². The van der Waals surface area contributed by atoms with E-state index in [0.717, 1.165) is 16.7 Å². The molecule has 0 bridgehead atoms. The zero-order valence-electron chi connectivity index (χ0n) is 7.97. The maximum atomic E-state index is 5.65. The first-order valence-corrected chi connectivity index (χ1v) is 5.14. The van der Waals surface area contributed by atoms with Crippen LogP contribution in [-0.4, -0.2) is 12.6 Å². The van der Waals surface area contributed by atoms with Crippen molar-refractivity contribution in [1.29, 1.82) is 0 Å². The average molecular weight is 243 g/mol. The molecule has 1 atom stereocenters. The van der Waals surface area contributed by atoms with Crippen LogP contribution >= 0.6 is 15.9 Å². The van der Waals surface area contributed by atoms with E-state index in [4.69, 9.17) is 5.73 Å². The summed E-state index contributed by atoms with van der Waals surface area (Å²) in [4.78, 5) is 0. The van der Waals surface area contributed by atoms with Crippen LogP contribution in [-0.2, 0) is 0 Å². The Labute approximate surface area is 87.6 Å². The summed E-state index contributed by atoms with van der Waals surface area (Å²) in [7, 11) is 0. The third-order valence-electron chi connectivity index (χ3n) is 1.80. The predicted octanol–water partition coefficient (Wildman–Crippen LogP) is 2.52. The fraction of sp³-hybridized carbons (Fsp3) is 0.400. The van der Waals surface area contributed by atoms with Crippen molar-refractivity contribution in [3.8, 4) is 0 Å². The van der Waals surface area contributed by atoms with Crippen molar-refractivity contribution < 1.29 is 0 Å². The topological polar surface area (TPSA) is 38.0 Å². The number of halogens is 1. The van der Waals surface area contributed by atoms with Crippen molar-refractivity contribution in [1.82, 2.24) is 0 Å². The Kier molecular flexibility index (Phi) is 3.75. The van der Waals surface area contributed by atoms with Crippen LogP contribution in [0.2, 0.25) is 0 Å². The number of benzene rings is 1. The van der Waals surface area contributed by atoms with Crippen LogP contribution in [0.15, 0.2) is 22.7 Å².